The van der Waals surface area contributed by atoms with Crippen LogP contribution in [0.3, 0.4) is 0 Å². The standard InChI is InChI=1S/C24H28FN5O2/c1-15-20(7-8-23(31)27-19-5-6-19)24(32)30-22(26-15)12-21(28-30)17-9-10-29(14-17)13-16-3-2-4-18(25)11-16/h2-4,11-12,17,19,28H,5-10,13-14H2,1H3,(H,27,31)/t17-/m0/s1. The SMILES string of the molecule is Cc1nc2cc([C@H]3CCN(Cc4cccc(F)c4)C3)[nH]n2c(=O)c1CCC(=O)NC1CC1. The number of halogens is 1. The van der Waals surface area contributed by atoms with E-state index in [0.717, 1.165) is 43.6 Å². The number of benzene rings is 1. The third-order valence-electron chi connectivity index (χ3n) is 6.49. The van der Waals surface area contributed by atoms with E-state index in [-0.39, 0.29) is 23.2 Å². The number of H-pyrrole nitrogens is 1. The van der Waals surface area contributed by atoms with Gasteiger partial charge in [0.1, 0.15) is 5.82 Å². The summed E-state index contributed by atoms with van der Waals surface area (Å²) < 4.78 is 15.0. The Bertz CT molecular complexity index is 1210. The van der Waals surface area contributed by atoms with E-state index in [2.05, 4.69) is 20.3 Å². The lowest BCUT2D eigenvalue weighted by molar-refractivity contribution is -0.121. The second kappa shape index (κ2) is 8.50. The predicted molar refractivity (Wildman–Crippen MR) is 119 cm³/mol. The number of hydrogen-bond donors (Lipinski definition) is 2. The van der Waals surface area contributed by atoms with Gasteiger partial charge in [-0.15, -0.1) is 0 Å². The van der Waals surface area contributed by atoms with Gasteiger partial charge in [-0.2, -0.15) is 0 Å². The first-order chi connectivity index (χ1) is 15.5. The molecule has 2 fully saturated rings. The highest BCUT2D eigenvalue weighted by molar-refractivity contribution is 5.76. The zero-order valence-electron chi connectivity index (χ0n) is 18.2. The highest BCUT2D eigenvalue weighted by atomic mass is 19.1. The van der Waals surface area contributed by atoms with Gasteiger partial charge in [-0.1, -0.05) is 12.1 Å². The first-order valence-corrected chi connectivity index (χ1v) is 11.3. The van der Waals surface area contributed by atoms with Crippen LogP contribution in [0.5, 0.6) is 0 Å². The Morgan fingerprint density at radius 2 is 2.12 bits per heavy atom. The van der Waals surface area contributed by atoms with Gasteiger partial charge >= 0.3 is 0 Å². The van der Waals surface area contributed by atoms with Gasteiger partial charge in [-0.25, -0.2) is 13.9 Å². The maximum absolute atomic E-state index is 13.5. The Morgan fingerprint density at radius 3 is 2.91 bits per heavy atom. The summed E-state index contributed by atoms with van der Waals surface area (Å²) in [6.07, 6.45) is 3.74. The van der Waals surface area contributed by atoms with Crippen LogP contribution < -0.4 is 10.9 Å². The van der Waals surface area contributed by atoms with E-state index in [1.165, 1.54) is 10.6 Å². The molecular weight excluding hydrogens is 409 g/mol. The summed E-state index contributed by atoms with van der Waals surface area (Å²) in [6, 6.07) is 9.00. The minimum absolute atomic E-state index is 0.00656. The van der Waals surface area contributed by atoms with Gasteiger partial charge in [-0.3, -0.25) is 19.6 Å². The monoisotopic (exact) mass is 437 g/mol. The molecule has 1 aliphatic heterocycles. The number of amides is 1. The molecule has 168 valence electrons. The molecule has 3 heterocycles. The van der Waals surface area contributed by atoms with Gasteiger partial charge in [0.25, 0.3) is 5.56 Å². The van der Waals surface area contributed by atoms with Gasteiger partial charge in [-0.05, 0) is 56.8 Å². The molecule has 2 aliphatic rings. The number of hydrogen-bond acceptors (Lipinski definition) is 4. The number of rotatable bonds is 7. The Morgan fingerprint density at radius 1 is 1.28 bits per heavy atom. The maximum Gasteiger partial charge on any atom is 0.276 e. The van der Waals surface area contributed by atoms with Gasteiger partial charge in [0.05, 0.1) is 0 Å². The smallest absolute Gasteiger partial charge is 0.276 e. The number of carbonyl (C=O) groups excluding carboxylic acids is 1. The maximum atomic E-state index is 13.5. The van der Waals surface area contributed by atoms with Gasteiger partial charge in [0, 0.05) is 54.5 Å². The zero-order chi connectivity index (χ0) is 22.2. The second-order valence-corrected chi connectivity index (χ2v) is 9.08. The highest BCUT2D eigenvalue weighted by Gasteiger charge is 2.27. The Labute approximate surface area is 185 Å². The molecule has 1 atom stereocenters. The van der Waals surface area contributed by atoms with Crippen molar-refractivity contribution >= 4 is 11.6 Å². The Kier molecular flexibility index (Phi) is 5.55. The van der Waals surface area contributed by atoms with Crippen molar-refractivity contribution in [3.8, 4) is 0 Å². The summed E-state index contributed by atoms with van der Waals surface area (Å²) in [4.78, 5) is 32.0. The molecule has 0 bridgehead atoms. The van der Waals surface area contributed by atoms with Crippen LogP contribution in [-0.4, -0.2) is 44.5 Å². The van der Waals surface area contributed by atoms with Crippen molar-refractivity contribution in [2.24, 2.45) is 0 Å². The number of likely N-dealkylation sites (tertiary alicyclic amines) is 1. The van der Waals surface area contributed by atoms with Crippen LogP contribution in [0.15, 0.2) is 35.1 Å². The highest BCUT2D eigenvalue weighted by Crippen LogP contribution is 2.28. The molecule has 1 saturated heterocycles. The molecule has 0 radical (unpaired) electrons. The normalized spacial score (nSPS) is 19.0. The van der Waals surface area contributed by atoms with Crippen LogP contribution in [0.4, 0.5) is 4.39 Å². The lowest BCUT2D eigenvalue weighted by Gasteiger charge is -2.15. The molecule has 7 nitrogen and oxygen atoms in total. The fraction of sp³-hybridized carbons (Fsp3) is 0.458. The van der Waals surface area contributed by atoms with Crippen molar-refractivity contribution < 1.29 is 9.18 Å². The Hall–Kier alpha value is -3.00. The third-order valence-corrected chi connectivity index (χ3v) is 6.49. The number of aromatic nitrogens is 3. The lowest BCUT2D eigenvalue weighted by Crippen LogP contribution is -2.28. The van der Waals surface area contributed by atoms with Crippen molar-refractivity contribution in [3.63, 3.8) is 0 Å². The average molecular weight is 438 g/mol. The molecule has 1 aromatic carbocycles. The van der Waals surface area contributed by atoms with Crippen LogP contribution in [-0.2, 0) is 17.8 Å². The molecule has 2 N–H and O–H groups in total. The largest absolute Gasteiger partial charge is 0.353 e. The van der Waals surface area contributed by atoms with Crippen LogP contribution in [0.25, 0.3) is 5.65 Å². The quantitative estimate of drug-likeness (QED) is 0.595. The molecule has 1 amide bonds. The number of aromatic amines is 1. The van der Waals surface area contributed by atoms with Crippen molar-refractivity contribution in [3.05, 3.63) is 69.0 Å². The van der Waals surface area contributed by atoms with Crippen molar-refractivity contribution in [2.45, 2.75) is 57.5 Å². The lowest BCUT2D eigenvalue weighted by atomic mass is 10.1. The number of nitrogens with zero attached hydrogens (tertiary/aromatic N) is 3. The number of fused-ring (bicyclic) bond motifs is 1. The first kappa shape index (κ1) is 20.9. The molecule has 8 heteroatoms. The van der Waals surface area contributed by atoms with Crippen molar-refractivity contribution in [2.75, 3.05) is 13.1 Å². The molecule has 2 aromatic heterocycles. The van der Waals surface area contributed by atoms with Crippen molar-refractivity contribution in [1.29, 1.82) is 0 Å². The molecule has 32 heavy (non-hydrogen) atoms. The minimum Gasteiger partial charge on any atom is -0.353 e. The summed E-state index contributed by atoms with van der Waals surface area (Å²) in [5.41, 5.74) is 3.69. The summed E-state index contributed by atoms with van der Waals surface area (Å²) >= 11 is 0. The second-order valence-electron chi connectivity index (χ2n) is 9.08. The van der Waals surface area contributed by atoms with E-state index in [1.807, 2.05) is 19.1 Å². The number of nitrogens with one attached hydrogen (secondary N) is 2. The van der Waals surface area contributed by atoms with E-state index >= 15 is 0 Å². The van der Waals surface area contributed by atoms with E-state index in [9.17, 15) is 14.0 Å². The van der Waals surface area contributed by atoms with E-state index < -0.39 is 0 Å². The fourth-order valence-electron chi connectivity index (χ4n) is 4.58. The number of aryl methyl sites for hydroxylation is 1. The first-order valence-electron chi connectivity index (χ1n) is 11.3. The molecule has 1 aliphatic carbocycles. The minimum atomic E-state index is -0.212. The fourth-order valence-corrected chi connectivity index (χ4v) is 4.58. The molecule has 3 aromatic rings. The van der Waals surface area contributed by atoms with Crippen LogP contribution in [0.2, 0.25) is 0 Å². The molecule has 1 saturated carbocycles. The summed E-state index contributed by atoms with van der Waals surface area (Å²) in [5.74, 6) is 0.0427. The van der Waals surface area contributed by atoms with E-state index in [1.54, 1.807) is 12.1 Å². The van der Waals surface area contributed by atoms with Gasteiger partial charge in [0.2, 0.25) is 5.91 Å². The van der Waals surface area contributed by atoms with Crippen LogP contribution in [0.1, 0.15) is 54.1 Å². The average Bonchev–Trinajstić information content (AvgIpc) is 3.26. The third kappa shape index (κ3) is 4.46. The molecule has 5 rings (SSSR count). The van der Waals surface area contributed by atoms with Gasteiger partial charge in [0.15, 0.2) is 5.65 Å². The topological polar surface area (TPSA) is 82.5 Å². The van der Waals surface area contributed by atoms with Gasteiger partial charge < -0.3 is 5.32 Å². The summed E-state index contributed by atoms with van der Waals surface area (Å²) in [6.45, 7) is 4.29. The molecule has 0 spiro atoms. The molecule has 0 unspecified atom stereocenters. The van der Waals surface area contributed by atoms with Crippen molar-refractivity contribution in [1.82, 2.24) is 24.8 Å². The number of carbonyl (C=O) groups is 1. The Balaban J connectivity index is 1.29. The van der Waals surface area contributed by atoms with E-state index in [4.69, 9.17) is 0 Å². The predicted octanol–water partition coefficient (Wildman–Crippen LogP) is 2.67. The summed E-state index contributed by atoms with van der Waals surface area (Å²) in [5, 5.41) is 6.22. The van der Waals surface area contributed by atoms with Crippen LogP contribution >= 0.6 is 0 Å². The van der Waals surface area contributed by atoms with E-state index in [0.29, 0.717) is 42.3 Å². The van der Waals surface area contributed by atoms with Crippen LogP contribution in [0, 0.1) is 12.7 Å². The molecular formula is C24H28FN5O2. The summed E-state index contributed by atoms with van der Waals surface area (Å²) in [7, 11) is 0. The zero-order valence-corrected chi connectivity index (χ0v) is 18.2.